The van der Waals surface area contributed by atoms with Gasteiger partial charge in [0, 0.05) is 17.8 Å². The fraction of sp³-hybridized carbons (Fsp3) is 0.353. The van der Waals surface area contributed by atoms with Gasteiger partial charge in [-0.15, -0.1) is 0 Å². The lowest BCUT2D eigenvalue weighted by atomic mass is 10.0. The van der Waals surface area contributed by atoms with Crippen molar-refractivity contribution in [1.29, 1.82) is 0 Å². The number of benzene rings is 1. The number of aryl methyl sites for hydroxylation is 1. The molecule has 2 aromatic rings. The van der Waals surface area contributed by atoms with Crippen molar-refractivity contribution in [3.05, 3.63) is 52.9 Å². The molecule has 0 amide bonds. The van der Waals surface area contributed by atoms with Crippen LogP contribution in [0.5, 0.6) is 0 Å². The van der Waals surface area contributed by atoms with Crippen LogP contribution in [0.3, 0.4) is 0 Å². The summed E-state index contributed by atoms with van der Waals surface area (Å²) in [7, 11) is 0. The van der Waals surface area contributed by atoms with Gasteiger partial charge in [0.1, 0.15) is 12.4 Å². The molecular weight excluding hydrogens is 267 g/mol. The minimum atomic E-state index is -0.311. The molecule has 1 N–H and O–H groups in total. The number of aliphatic hydroxyl groups is 1. The lowest BCUT2D eigenvalue weighted by molar-refractivity contribution is 0.350. The van der Waals surface area contributed by atoms with Crippen LogP contribution in [0, 0.1) is 17.7 Å². The Kier molecular flexibility index (Phi) is 4.03. The van der Waals surface area contributed by atoms with E-state index in [-0.39, 0.29) is 12.4 Å². The van der Waals surface area contributed by atoms with E-state index in [0.29, 0.717) is 12.1 Å². The molecule has 3 nitrogen and oxygen atoms in total. The average molecular weight is 284 g/mol. The van der Waals surface area contributed by atoms with Crippen LogP contribution in [0.2, 0.25) is 0 Å². The third-order valence-corrected chi connectivity index (χ3v) is 3.82. The fourth-order valence-corrected chi connectivity index (χ4v) is 2.79. The zero-order valence-corrected chi connectivity index (χ0v) is 11.8. The van der Waals surface area contributed by atoms with Gasteiger partial charge in [-0.3, -0.25) is 0 Å². The molecule has 1 aromatic carbocycles. The van der Waals surface area contributed by atoms with Gasteiger partial charge in [0.05, 0.1) is 12.0 Å². The van der Waals surface area contributed by atoms with Gasteiger partial charge in [0.25, 0.3) is 0 Å². The van der Waals surface area contributed by atoms with Gasteiger partial charge < -0.3 is 9.67 Å². The molecule has 21 heavy (non-hydrogen) atoms. The first-order chi connectivity index (χ1) is 10.3. The van der Waals surface area contributed by atoms with Gasteiger partial charge in [0.15, 0.2) is 0 Å². The van der Waals surface area contributed by atoms with Gasteiger partial charge in [-0.05, 0) is 43.4 Å². The summed E-state index contributed by atoms with van der Waals surface area (Å²) in [6.07, 6.45) is 6.35. The number of aliphatic hydroxyl groups excluding tert-OH is 1. The maximum atomic E-state index is 13.4. The molecule has 0 fully saturated rings. The van der Waals surface area contributed by atoms with Crippen molar-refractivity contribution >= 4 is 0 Å². The Morgan fingerprint density at radius 3 is 3.00 bits per heavy atom. The van der Waals surface area contributed by atoms with Crippen LogP contribution < -0.4 is 0 Å². The van der Waals surface area contributed by atoms with Crippen molar-refractivity contribution in [3.63, 3.8) is 0 Å². The van der Waals surface area contributed by atoms with Crippen molar-refractivity contribution in [2.24, 2.45) is 0 Å². The summed E-state index contributed by atoms with van der Waals surface area (Å²) < 4.78 is 15.5. The summed E-state index contributed by atoms with van der Waals surface area (Å²) in [6, 6.07) is 4.62. The Labute approximate surface area is 123 Å². The van der Waals surface area contributed by atoms with E-state index in [4.69, 9.17) is 5.11 Å². The van der Waals surface area contributed by atoms with Gasteiger partial charge in [-0.25, -0.2) is 9.37 Å². The largest absolute Gasteiger partial charge is 0.384 e. The van der Waals surface area contributed by atoms with E-state index < -0.39 is 0 Å². The molecule has 0 saturated heterocycles. The van der Waals surface area contributed by atoms with Crippen molar-refractivity contribution in [3.8, 4) is 11.8 Å². The number of hydrogen-bond acceptors (Lipinski definition) is 2. The van der Waals surface area contributed by atoms with E-state index >= 15 is 0 Å². The second-order valence-electron chi connectivity index (χ2n) is 5.23. The van der Waals surface area contributed by atoms with Crippen LogP contribution in [0.25, 0.3) is 0 Å². The molecular formula is C17H17FN2O. The number of hydrogen-bond donors (Lipinski definition) is 1. The van der Waals surface area contributed by atoms with Gasteiger partial charge in [-0.2, -0.15) is 0 Å². The van der Waals surface area contributed by atoms with Crippen LogP contribution in [0.1, 0.15) is 35.4 Å². The highest BCUT2D eigenvalue weighted by Crippen LogP contribution is 2.21. The van der Waals surface area contributed by atoms with Crippen LogP contribution >= 0.6 is 0 Å². The van der Waals surface area contributed by atoms with E-state index in [0.717, 1.165) is 18.4 Å². The van der Waals surface area contributed by atoms with Gasteiger partial charge in [-0.1, -0.05) is 17.9 Å². The van der Waals surface area contributed by atoms with Crippen LogP contribution in [0.4, 0.5) is 4.39 Å². The molecule has 0 spiro atoms. The van der Waals surface area contributed by atoms with Gasteiger partial charge >= 0.3 is 0 Å². The van der Waals surface area contributed by atoms with Crippen molar-refractivity contribution in [1.82, 2.24) is 9.55 Å². The van der Waals surface area contributed by atoms with E-state index in [1.165, 1.54) is 36.4 Å². The zero-order valence-electron chi connectivity index (χ0n) is 11.8. The quantitative estimate of drug-likeness (QED) is 0.859. The van der Waals surface area contributed by atoms with Crippen LogP contribution in [-0.2, 0) is 19.4 Å². The Morgan fingerprint density at radius 1 is 1.29 bits per heavy atom. The molecule has 0 bridgehead atoms. The van der Waals surface area contributed by atoms with E-state index in [2.05, 4.69) is 21.4 Å². The third kappa shape index (κ3) is 2.98. The summed E-state index contributed by atoms with van der Waals surface area (Å²) in [6.45, 7) is 0.411. The highest BCUT2D eigenvalue weighted by atomic mass is 19.1. The van der Waals surface area contributed by atoms with Crippen molar-refractivity contribution in [2.45, 2.75) is 32.2 Å². The molecule has 108 valence electrons. The summed E-state index contributed by atoms with van der Waals surface area (Å²) >= 11 is 0. The number of nitrogens with zero attached hydrogens (tertiary/aromatic N) is 2. The molecule has 1 heterocycles. The van der Waals surface area contributed by atoms with E-state index in [1.54, 1.807) is 6.07 Å². The maximum absolute atomic E-state index is 13.4. The zero-order chi connectivity index (χ0) is 14.7. The topological polar surface area (TPSA) is 38.0 Å². The Hall–Kier alpha value is -2.12. The fourth-order valence-electron chi connectivity index (χ4n) is 2.79. The minimum absolute atomic E-state index is 0.226. The van der Waals surface area contributed by atoms with Crippen LogP contribution in [-0.4, -0.2) is 21.3 Å². The second kappa shape index (κ2) is 6.11. The van der Waals surface area contributed by atoms with Crippen LogP contribution in [0.15, 0.2) is 24.5 Å². The molecule has 0 aliphatic heterocycles. The standard InChI is InChI=1S/C17H17FN2O/c18-15-8-7-14(13(10-15)4-3-9-21)11-20-12-19-16-5-1-2-6-17(16)20/h7-8,10,12,21H,1-2,5-6,9,11H2. The Bertz CT molecular complexity index is 709. The SMILES string of the molecule is OCC#Cc1cc(F)ccc1Cn1cnc2c1CCCC2. The predicted octanol–water partition coefficient (Wildman–Crippen LogP) is 2.29. The lowest BCUT2D eigenvalue weighted by Crippen LogP contribution is -2.09. The lowest BCUT2D eigenvalue weighted by Gasteiger charge is -2.14. The Morgan fingerprint density at radius 2 is 2.14 bits per heavy atom. The molecule has 1 aliphatic carbocycles. The number of imidazole rings is 1. The second-order valence-corrected chi connectivity index (χ2v) is 5.23. The number of fused-ring (bicyclic) bond motifs is 1. The van der Waals surface area contributed by atoms with E-state index in [1.807, 2.05) is 6.33 Å². The summed E-state index contributed by atoms with van der Waals surface area (Å²) in [5.41, 5.74) is 4.04. The Balaban J connectivity index is 1.93. The molecule has 1 aromatic heterocycles. The highest BCUT2D eigenvalue weighted by Gasteiger charge is 2.15. The smallest absolute Gasteiger partial charge is 0.124 e. The number of halogens is 1. The number of rotatable bonds is 2. The number of aromatic nitrogens is 2. The highest BCUT2D eigenvalue weighted by molar-refractivity contribution is 5.42. The first kappa shape index (κ1) is 13.8. The van der Waals surface area contributed by atoms with E-state index in [9.17, 15) is 4.39 Å². The first-order valence-electron chi connectivity index (χ1n) is 7.19. The summed E-state index contributed by atoms with van der Waals surface area (Å²) in [4.78, 5) is 4.48. The molecule has 0 atom stereocenters. The normalized spacial score (nSPS) is 13.4. The van der Waals surface area contributed by atoms with Crippen molar-refractivity contribution < 1.29 is 9.50 Å². The molecule has 0 saturated carbocycles. The first-order valence-corrected chi connectivity index (χ1v) is 7.19. The van der Waals surface area contributed by atoms with Gasteiger partial charge in [0.2, 0.25) is 0 Å². The third-order valence-electron chi connectivity index (χ3n) is 3.82. The summed E-state index contributed by atoms with van der Waals surface area (Å²) in [5, 5.41) is 8.82. The molecule has 3 rings (SSSR count). The molecule has 4 heteroatoms. The molecule has 1 aliphatic rings. The van der Waals surface area contributed by atoms with Crippen molar-refractivity contribution in [2.75, 3.05) is 6.61 Å². The monoisotopic (exact) mass is 284 g/mol. The molecule has 0 radical (unpaired) electrons. The summed E-state index contributed by atoms with van der Waals surface area (Å²) in [5.74, 6) is 5.10. The maximum Gasteiger partial charge on any atom is 0.124 e. The minimum Gasteiger partial charge on any atom is -0.384 e. The molecule has 0 unspecified atom stereocenters. The average Bonchev–Trinajstić information content (AvgIpc) is 2.91. The predicted molar refractivity (Wildman–Crippen MR) is 78.3 cm³/mol.